The molecule has 2 rings (SSSR count). The fourth-order valence-corrected chi connectivity index (χ4v) is 2.89. The first kappa shape index (κ1) is 15.7. The van der Waals surface area contributed by atoms with Crippen LogP contribution in [0.1, 0.15) is 5.56 Å². The molecule has 0 saturated carbocycles. The Balaban J connectivity index is 2.23. The molecule has 0 spiro atoms. The number of phenolic OH excluding ortho intramolecular Hbond substituents is 1. The number of hydrogen-bond acceptors (Lipinski definition) is 5. The number of amides is 2. The monoisotopic (exact) mass is 369 g/mol. The van der Waals surface area contributed by atoms with Gasteiger partial charge in [0.15, 0.2) is 11.5 Å². The highest BCUT2D eigenvalue weighted by Gasteiger charge is 2.31. The van der Waals surface area contributed by atoms with Crippen LogP contribution in [0.25, 0.3) is 6.08 Å². The van der Waals surface area contributed by atoms with Crippen molar-refractivity contribution >= 4 is 44.9 Å². The summed E-state index contributed by atoms with van der Waals surface area (Å²) in [6, 6.07) is 3.19. The first-order valence-electron chi connectivity index (χ1n) is 5.88. The average molecular weight is 370 g/mol. The van der Waals surface area contributed by atoms with Crippen molar-refractivity contribution < 1.29 is 19.4 Å². The summed E-state index contributed by atoms with van der Waals surface area (Å²) < 4.78 is 5.72. The molecule has 21 heavy (non-hydrogen) atoms. The van der Waals surface area contributed by atoms with E-state index >= 15 is 0 Å². The molecule has 1 N–H and O–H groups in total. The number of benzene rings is 1. The Hall–Kier alpha value is -1.73. The zero-order valence-electron chi connectivity index (χ0n) is 11.3. The van der Waals surface area contributed by atoms with Gasteiger partial charge >= 0.3 is 0 Å². The van der Waals surface area contributed by atoms with Crippen LogP contribution < -0.4 is 4.74 Å². The van der Waals surface area contributed by atoms with E-state index in [9.17, 15) is 14.7 Å². The van der Waals surface area contributed by atoms with Gasteiger partial charge in [0.2, 0.25) is 0 Å². The quantitative estimate of drug-likeness (QED) is 0.827. The number of methoxy groups -OCH3 is 1. The molecule has 0 atom stereocenters. The Morgan fingerprint density at radius 3 is 2.67 bits per heavy atom. The standard InChI is InChI=1S/C14H12BrNO4S/c1-16-13(18)12(21-14(16)19)5-3-4-8-6-11(20-2)10(17)7-9(8)15/h3-7,17H,1-2H3/b4-3+,12-5-. The summed E-state index contributed by atoms with van der Waals surface area (Å²) in [5.74, 6) is 0.0809. The Bertz CT molecular complexity index is 669. The van der Waals surface area contributed by atoms with Crippen LogP contribution in [-0.4, -0.2) is 35.3 Å². The van der Waals surface area contributed by atoms with Crippen LogP contribution >= 0.6 is 27.7 Å². The number of aromatic hydroxyl groups is 1. The van der Waals surface area contributed by atoms with Crippen LogP contribution in [0, 0.1) is 0 Å². The number of carbonyl (C=O) groups excluding carboxylic acids is 2. The van der Waals surface area contributed by atoms with Crippen molar-refractivity contribution in [3.63, 3.8) is 0 Å². The van der Waals surface area contributed by atoms with Gasteiger partial charge in [-0.3, -0.25) is 14.5 Å². The van der Waals surface area contributed by atoms with Gasteiger partial charge in [-0.15, -0.1) is 0 Å². The van der Waals surface area contributed by atoms with Crippen LogP contribution in [-0.2, 0) is 4.79 Å². The molecule has 1 fully saturated rings. The van der Waals surface area contributed by atoms with Crippen molar-refractivity contribution in [2.24, 2.45) is 0 Å². The number of hydrogen-bond donors (Lipinski definition) is 1. The lowest BCUT2D eigenvalue weighted by atomic mass is 10.2. The molecular formula is C14H12BrNO4S. The minimum atomic E-state index is -0.308. The first-order chi connectivity index (χ1) is 9.93. The van der Waals surface area contributed by atoms with Crippen LogP contribution in [0.3, 0.4) is 0 Å². The molecule has 0 unspecified atom stereocenters. The smallest absolute Gasteiger partial charge is 0.293 e. The summed E-state index contributed by atoms with van der Waals surface area (Å²) in [6.07, 6.45) is 5.00. The number of halogens is 1. The zero-order chi connectivity index (χ0) is 15.6. The van der Waals surface area contributed by atoms with E-state index in [1.54, 1.807) is 24.3 Å². The number of rotatable bonds is 3. The fourth-order valence-electron chi connectivity index (χ4n) is 1.65. The molecule has 2 amide bonds. The molecule has 0 radical (unpaired) electrons. The third-order valence-electron chi connectivity index (χ3n) is 2.81. The number of thioether (sulfide) groups is 1. The number of ether oxygens (including phenoxy) is 1. The lowest BCUT2D eigenvalue weighted by molar-refractivity contribution is -0.121. The van der Waals surface area contributed by atoms with E-state index in [-0.39, 0.29) is 16.9 Å². The minimum Gasteiger partial charge on any atom is -0.504 e. The van der Waals surface area contributed by atoms with E-state index < -0.39 is 0 Å². The van der Waals surface area contributed by atoms with Crippen LogP contribution in [0.2, 0.25) is 0 Å². The van der Waals surface area contributed by atoms with Crippen LogP contribution in [0.15, 0.2) is 33.7 Å². The molecule has 1 aromatic rings. The maximum Gasteiger partial charge on any atom is 0.293 e. The van der Waals surface area contributed by atoms with Gasteiger partial charge in [-0.25, -0.2) is 0 Å². The molecule has 0 bridgehead atoms. The first-order valence-corrected chi connectivity index (χ1v) is 7.49. The molecule has 1 aliphatic rings. The third kappa shape index (κ3) is 3.30. The van der Waals surface area contributed by atoms with Crippen molar-refractivity contribution in [3.8, 4) is 11.5 Å². The Morgan fingerprint density at radius 2 is 2.10 bits per heavy atom. The number of imide groups is 1. The van der Waals surface area contributed by atoms with E-state index in [4.69, 9.17) is 4.74 Å². The van der Waals surface area contributed by atoms with Gasteiger partial charge in [0.05, 0.1) is 12.0 Å². The minimum absolute atomic E-state index is 0.0358. The van der Waals surface area contributed by atoms with Gasteiger partial charge in [-0.2, -0.15) is 0 Å². The largest absolute Gasteiger partial charge is 0.504 e. The van der Waals surface area contributed by atoms with E-state index in [0.717, 1.165) is 22.2 Å². The van der Waals surface area contributed by atoms with Gasteiger partial charge in [0, 0.05) is 11.5 Å². The van der Waals surface area contributed by atoms with Crippen molar-refractivity contribution in [3.05, 3.63) is 39.2 Å². The summed E-state index contributed by atoms with van der Waals surface area (Å²) in [5, 5.41) is 9.34. The molecule has 5 nitrogen and oxygen atoms in total. The lowest BCUT2D eigenvalue weighted by Gasteiger charge is -2.06. The number of nitrogens with zero attached hydrogens (tertiary/aromatic N) is 1. The average Bonchev–Trinajstić information content (AvgIpc) is 2.69. The number of allylic oxidation sites excluding steroid dienone is 2. The summed E-state index contributed by atoms with van der Waals surface area (Å²) in [4.78, 5) is 24.5. The van der Waals surface area contributed by atoms with E-state index in [1.807, 2.05) is 0 Å². The maximum atomic E-state index is 11.7. The summed E-state index contributed by atoms with van der Waals surface area (Å²) >= 11 is 4.24. The van der Waals surface area contributed by atoms with Gasteiger partial charge in [-0.05, 0) is 35.5 Å². The summed E-state index contributed by atoms with van der Waals surface area (Å²) in [6.45, 7) is 0. The van der Waals surface area contributed by atoms with Crippen LogP contribution in [0.4, 0.5) is 4.79 Å². The number of phenols is 1. The zero-order valence-corrected chi connectivity index (χ0v) is 13.7. The predicted molar refractivity (Wildman–Crippen MR) is 85.2 cm³/mol. The maximum absolute atomic E-state index is 11.7. The van der Waals surface area contributed by atoms with Crippen LogP contribution in [0.5, 0.6) is 11.5 Å². The molecule has 1 aromatic carbocycles. The summed E-state index contributed by atoms with van der Waals surface area (Å²) in [5.41, 5.74) is 0.775. The molecule has 1 saturated heterocycles. The highest BCUT2D eigenvalue weighted by Crippen LogP contribution is 2.33. The molecule has 7 heteroatoms. The van der Waals surface area contributed by atoms with Crippen molar-refractivity contribution in [1.82, 2.24) is 4.90 Å². The molecule has 110 valence electrons. The second kappa shape index (κ2) is 6.36. The summed E-state index contributed by atoms with van der Waals surface area (Å²) in [7, 11) is 2.91. The lowest BCUT2D eigenvalue weighted by Crippen LogP contribution is -2.22. The normalized spacial score (nSPS) is 17.3. The Labute approximate surface area is 134 Å². The van der Waals surface area contributed by atoms with E-state index in [1.165, 1.54) is 20.2 Å². The second-order valence-corrected chi connectivity index (χ2v) is 6.02. The van der Waals surface area contributed by atoms with E-state index in [2.05, 4.69) is 15.9 Å². The second-order valence-electron chi connectivity index (χ2n) is 4.17. The van der Waals surface area contributed by atoms with Crippen molar-refractivity contribution in [1.29, 1.82) is 0 Å². The van der Waals surface area contributed by atoms with Crippen molar-refractivity contribution in [2.45, 2.75) is 0 Å². The molecule has 0 aromatic heterocycles. The van der Waals surface area contributed by atoms with Gasteiger partial charge in [0.1, 0.15) is 0 Å². The molecular weight excluding hydrogens is 358 g/mol. The highest BCUT2D eigenvalue weighted by molar-refractivity contribution is 9.10. The predicted octanol–water partition coefficient (Wildman–Crippen LogP) is 3.39. The number of likely N-dealkylation sites (N-methyl/N-ethyl adjacent to an activating group) is 1. The highest BCUT2D eigenvalue weighted by atomic mass is 79.9. The number of carbonyl (C=O) groups is 2. The molecule has 1 aliphatic heterocycles. The molecule has 0 aliphatic carbocycles. The van der Waals surface area contributed by atoms with Gasteiger partial charge in [0.25, 0.3) is 11.1 Å². The van der Waals surface area contributed by atoms with Crippen molar-refractivity contribution in [2.75, 3.05) is 14.2 Å². The third-order valence-corrected chi connectivity index (χ3v) is 4.47. The Morgan fingerprint density at radius 1 is 1.38 bits per heavy atom. The van der Waals surface area contributed by atoms with E-state index in [0.29, 0.717) is 15.1 Å². The van der Waals surface area contributed by atoms with Gasteiger partial charge < -0.3 is 9.84 Å². The SMILES string of the molecule is COc1cc(/C=C/C=C2\SC(=O)N(C)C2=O)c(Br)cc1O. The molecule has 1 heterocycles. The Kier molecular flexibility index (Phi) is 4.74. The topological polar surface area (TPSA) is 66.8 Å². The fraction of sp³-hybridized carbons (Fsp3) is 0.143. The van der Waals surface area contributed by atoms with Gasteiger partial charge in [-0.1, -0.05) is 28.1 Å².